The molecule has 0 bridgehead atoms. The molecule has 10 aromatic carbocycles. The van der Waals surface area contributed by atoms with E-state index in [9.17, 15) is 0 Å². The third-order valence-electron chi connectivity index (χ3n) is 11.7. The summed E-state index contributed by atoms with van der Waals surface area (Å²) in [4.78, 5) is 2.44. The molecule has 2 aromatic heterocycles. The van der Waals surface area contributed by atoms with E-state index in [1.54, 1.807) is 0 Å². The highest BCUT2D eigenvalue weighted by atomic mass is 32.1. The molecule has 0 spiro atoms. The van der Waals surface area contributed by atoms with E-state index in [4.69, 9.17) is 0 Å². The van der Waals surface area contributed by atoms with Crippen molar-refractivity contribution in [2.75, 3.05) is 4.90 Å². The second-order valence-electron chi connectivity index (χ2n) is 14.9. The first kappa shape index (κ1) is 32.1. The molecule has 0 radical (unpaired) electrons. The lowest BCUT2D eigenvalue weighted by atomic mass is 10.0. The fourth-order valence-corrected chi connectivity index (χ4v) is 10.3. The minimum absolute atomic E-state index is 1.12. The lowest BCUT2D eigenvalue weighted by Gasteiger charge is -2.27. The fourth-order valence-electron chi connectivity index (χ4n) is 9.08. The van der Waals surface area contributed by atoms with Crippen molar-refractivity contribution in [1.82, 2.24) is 4.57 Å². The molecule has 0 N–H and O–H groups in total. The van der Waals surface area contributed by atoms with Gasteiger partial charge in [0.25, 0.3) is 0 Å². The van der Waals surface area contributed by atoms with Crippen molar-refractivity contribution in [3.8, 4) is 16.8 Å². The zero-order valence-electron chi connectivity index (χ0n) is 30.9. The zero-order chi connectivity index (χ0) is 37.5. The van der Waals surface area contributed by atoms with Crippen LogP contribution in [0.4, 0.5) is 17.1 Å². The van der Waals surface area contributed by atoms with Crippen LogP contribution < -0.4 is 4.90 Å². The molecule has 12 rings (SSSR count). The Morgan fingerprint density at radius 1 is 0.368 bits per heavy atom. The van der Waals surface area contributed by atoms with Crippen LogP contribution in [0.1, 0.15) is 0 Å². The van der Waals surface area contributed by atoms with Gasteiger partial charge in [0.15, 0.2) is 0 Å². The molecule has 0 fully saturated rings. The van der Waals surface area contributed by atoms with E-state index in [1.165, 1.54) is 91.1 Å². The molecule has 0 aliphatic carbocycles. The Bertz CT molecular complexity index is 3520. The fraction of sp³-hybridized carbons (Fsp3) is 0. The summed E-state index contributed by atoms with van der Waals surface area (Å²) in [5.41, 5.74) is 9.42. The second kappa shape index (κ2) is 12.7. The topological polar surface area (TPSA) is 8.17 Å². The van der Waals surface area contributed by atoms with Crippen LogP contribution in [0.2, 0.25) is 0 Å². The lowest BCUT2D eigenvalue weighted by molar-refractivity contribution is 1.19. The van der Waals surface area contributed by atoms with Gasteiger partial charge in [0.2, 0.25) is 0 Å². The third kappa shape index (κ3) is 5.03. The molecule has 0 saturated heterocycles. The molecule has 0 saturated carbocycles. The molecule has 2 heterocycles. The van der Waals surface area contributed by atoms with Gasteiger partial charge in [-0.05, 0) is 92.7 Å². The Kier molecular flexibility index (Phi) is 7.13. The number of fused-ring (bicyclic) bond motifs is 11. The number of hydrogen-bond acceptors (Lipinski definition) is 2. The Balaban J connectivity index is 1.03. The van der Waals surface area contributed by atoms with E-state index in [-0.39, 0.29) is 0 Å². The van der Waals surface area contributed by atoms with Crippen LogP contribution in [0, 0.1) is 0 Å². The third-order valence-corrected chi connectivity index (χ3v) is 12.9. The average Bonchev–Trinajstić information content (AvgIpc) is 3.83. The molecule has 2 nitrogen and oxygen atoms in total. The summed E-state index contributed by atoms with van der Waals surface area (Å²) < 4.78 is 5.03. The maximum Gasteiger partial charge on any atom is 0.0640 e. The van der Waals surface area contributed by atoms with Crippen LogP contribution in [-0.2, 0) is 0 Å². The minimum atomic E-state index is 1.12. The van der Waals surface area contributed by atoms with Gasteiger partial charge < -0.3 is 9.47 Å². The number of benzene rings is 10. The van der Waals surface area contributed by atoms with Crippen LogP contribution in [0.15, 0.2) is 206 Å². The van der Waals surface area contributed by atoms with Gasteiger partial charge in [-0.3, -0.25) is 0 Å². The molecular formula is C54H34N2S. The minimum Gasteiger partial charge on any atom is -0.309 e. The van der Waals surface area contributed by atoms with Crippen molar-refractivity contribution >= 4 is 103 Å². The molecule has 0 aliphatic heterocycles. The van der Waals surface area contributed by atoms with Crippen LogP contribution in [0.5, 0.6) is 0 Å². The van der Waals surface area contributed by atoms with Gasteiger partial charge in [0, 0.05) is 48.7 Å². The summed E-state index contributed by atoms with van der Waals surface area (Å²) >= 11 is 1.87. The number of para-hydroxylation sites is 1. The molecule has 0 unspecified atom stereocenters. The number of nitrogens with zero attached hydrogens (tertiary/aromatic N) is 2. The smallest absolute Gasteiger partial charge is 0.0640 e. The van der Waals surface area contributed by atoms with Crippen molar-refractivity contribution in [3.05, 3.63) is 206 Å². The molecular weight excluding hydrogens is 709 g/mol. The summed E-state index contributed by atoms with van der Waals surface area (Å²) in [5.74, 6) is 0. The normalized spacial score (nSPS) is 11.9. The molecule has 3 heteroatoms. The van der Waals surface area contributed by atoms with Crippen LogP contribution in [-0.4, -0.2) is 4.57 Å². The van der Waals surface area contributed by atoms with Gasteiger partial charge in [0.1, 0.15) is 0 Å². The number of anilines is 3. The summed E-state index contributed by atoms with van der Waals surface area (Å²) in [6, 6.07) is 75.7. The molecule has 57 heavy (non-hydrogen) atoms. The SMILES string of the molecule is c1ccc(-n2c3cc(-c4ccc(N(c5ccc6c(ccc7ccccc76)c5)c5cccc6c5sc5ccccc56)cc4)ccc3c3ccc4ccccc4c32)cc1. The standard InChI is InChI=1S/C54H34N2S/c1-2-13-40(14-3-1)56-51-34-38(26-30-46(51)48-31-25-37-12-5-7-16-45(37)53(48)56)35-23-27-41(28-24-35)55(50-19-10-18-49-47-17-8-9-20-52(47)57-54(49)50)42-29-32-44-39(33-42)22-21-36-11-4-6-15-43(36)44/h1-34H. The largest absolute Gasteiger partial charge is 0.309 e. The molecule has 0 atom stereocenters. The first-order valence-electron chi connectivity index (χ1n) is 19.5. The first-order valence-corrected chi connectivity index (χ1v) is 20.3. The molecule has 266 valence electrons. The van der Waals surface area contributed by atoms with E-state index in [2.05, 4.69) is 216 Å². The van der Waals surface area contributed by atoms with Gasteiger partial charge in [0.05, 0.1) is 21.4 Å². The van der Waals surface area contributed by atoms with E-state index >= 15 is 0 Å². The van der Waals surface area contributed by atoms with Crippen LogP contribution >= 0.6 is 11.3 Å². The van der Waals surface area contributed by atoms with Crippen LogP contribution in [0.25, 0.3) is 91.1 Å². The highest BCUT2D eigenvalue weighted by Gasteiger charge is 2.20. The maximum atomic E-state index is 2.45. The van der Waals surface area contributed by atoms with E-state index < -0.39 is 0 Å². The van der Waals surface area contributed by atoms with Gasteiger partial charge in [-0.15, -0.1) is 11.3 Å². The Labute approximate surface area is 333 Å². The van der Waals surface area contributed by atoms with Gasteiger partial charge in [-0.2, -0.15) is 0 Å². The van der Waals surface area contributed by atoms with E-state index in [1.807, 2.05) is 11.3 Å². The van der Waals surface area contributed by atoms with Crippen molar-refractivity contribution in [2.24, 2.45) is 0 Å². The maximum absolute atomic E-state index is 2.45. The predicted molar refractivity (Wildman–Crippen MR) is 246 cm³/mol. The van der Waals surface area contributed by atoms with Gasteiger partial charge in [-0.1, -0.05) is 152 Å². The lowest BCUT2D eigenvalue weighted by Crippen LogP contribution is -2.10. The van der Waals surface area contributed by atoms with Crippen LogP contribution in [0.3, 0.4) is 0 Å². The summed E-state index contributed by atoms with van der Waals surface area (Å²) in [5, 5.41) is 12.7. The predicted octanol–water partition coefficient (Wildman–Crippen LogP) is 15.7. The van der Waals surface area contributed by atoms with Gasteiger partial charge in [-0.25, -0.2) is 0 Å². The first-order chi connectivity index (χ1) is 28.3. The molecule has 12 aromatic rings. The van der Waals surface area contributed by atoms with Crippen molar-refractivity contribution < 1.29 is 0 Å². The number of thiophene rings is 1. The Morgan fingerprint density at radius 2 is 0.982 bits per heavy atom. The summed E-state index contributed by atoms with van der Waals surface area (Å²) in [6.45, 7) is 0. The number of aromatic nitrogens is 1. The number of hydrogen-bond donors (Lipinski definition) is 0. The zero-order valence-corrected chi connectivity index (χ0v) is 31.7. The quantitative estimate of drug-likeness (QED) is 0.159. The van der Waals surface area contributed by atoms with Gasteiger partial charge >= 0.3 is 0 Å². The van der Waals surface area contributed by atoms with E-state index in [0.717, 1.165) is 17.1 Å². The van der Waals surface area contributed by atoms with Crippen molar-refractivity contribution in [2.45, 2.75) is 0 Å². The van der Waals surface area contributed by atoms with Crippen molar-refractivity contribution in [1.29, 1.82) is 0 Å². The summed E-state index contributed by atoms with van der Waals surface area (Å²) in [6.07, 6.45) is 0. The van der Waals surface area contributed by atoms with E-state index in [0.29, 0.717) is 0 Å². The number of rotatable bonds is 5. The monoisotopic (exact) mass is 742 g/mol. The summed E-state index contributed by atoms with van der Waals surface area (Å²) in [7, 11) is 0. The average molecular weight is 743 g/mol. The van der Waals surface area contributed by atoms with Crippen molar-refractivity contribution in [3.63, 3.8) is 0 Å². The highest BCUT2D eigenvalue weighted by molar-refractivity contribution is 7.26. The molecule has 0 aliphatic rings. The second-order valence-corrected chi connectivity index (χ2v) is 16.0. The Hall–Kier alpha value is -7.20. The molecule has 0 amide bonds. The Morgan fingerprint density at radius 3 is 1.84 bits per heavy atom. The highest BCUT2D eigenvalue weighted by Crippen LogP contribution is 2.46.